The van der Waals surface area contributed by atoms with Crippen molar-refractivity contribution < 1.29 is 4.92 Å². The number of nitrogens with zero attached hydrogens (tertiary/aromatic N) is 3. The first-order valence-corrected chi connectivity index (χ1v) is 5.71. The zero-order valence-electron chi connectivity index (χ0n) is 9.61. The summed E-state index contributed by atoms with van der Waals surface area (Å²) in [5.74, 6) is 0.950. The number of nitro groups is 1. The topological polar surface area (TPSA) is 59.3 Å². The molecular weight excluding hydrogens is 230 g/mol. The molecule has 0 spiro atoms. The molecule has 0 N–H and O–H groups in total. The van der Waals surface area contributed by atoms with Crippen LogP contribution in [0.15, 0.2) is 42.6 Å². The number of hydrogen-bond acceptors (Lipinski definition) is 4. The molecule has 0 bridgehead atoms. The summed E-state index contributed by atoms with van der Waals surface area (Å²) in [6, 6.07) is 10.6. The van der Waals surface area contributed by atoms with Crippen molar-refractivity contribution in [1.82, 2.24) is 4.98 Å². The Morgan fingerprint density at radius 1 is 1.22 bits per heavy atom. The second kappa shape index (κ2) is 4.10. The molecule has 1 aromatic carbocycles. The molecule has 0 atom stereocenters. The van der Waals surface area contributed by atoms with Gasteiger partial charge >= 0.3 is 0 Å². The quantitative estimate of drug-likeness (QED) is 0.599. The lowest BCUT2D eigenvalue weighted by Gasteiger charge is -2.17. The summed E-state index contributed by atoms with van der Waals surface area (Å²) >= 11 is 0. The average molecular weight is 241 g/mol. The Balaban J connectivity index is 1.95. The van der Waals surface area contributed by atoms with E-state index < -0.39 is 0 Å². The second-order valence-corrected chi connectivity index (χ2v) is 4.16. The van der Waals surface area contributed by atoms with E-state index in [2.05, 4.69) is 16.0 Å². The van der Waals surface area contributed by atoms with E-state index in [1.165, 1.54) is 17.7 Å². The van der Waals surface area contributed by atoms with Crippen molar-refractivity contribution in [3.63, 3.8) is 0 Å². The van der Waals surface area contributed by atoms with E-state index in [0.717, 1.165) is 24.5 Å². The van der Waals surface area contributed by atoms with Crippen molar-refractivity contribution in [2.75, 3.05) is 11.4 Å². The lowest BCUT2D eigenvalue weighted by Crippen LogP contribution is -2.14. The van der Waals surface area contributed by atoms with Gasteiger partial charge < -0.3 is 4.90 Å². The van der Waals surface area contributed by atoms with Crippen molar-refractivity contribution in [2.45, 2.75) is 6.42 Å². The zero-order chi connectivity index (χ0) is 12.5. The molecule has 0 aliphatic carbocycles. The van der Waals surface area contributed by atoms with Gasteiger partial charge in [0.05, 0.1) is 4.92 Å². The van der Waals surface area contributed by atoms with E-state index in [1.807, 2.05) is 6.07 Å². The highest BCUT2D eigenvalue weighted by molar-refractivity contribution is 5.66. The van der Waals surface area contributed by atoms with Gasteiger partial charge in [0.1, 0.15) is 5.82 Å². The average Bonchev–Trinajstić information content (AvgIpc) is 2.82. The molecule has 3 rings (SSSR count). The Morgan fingerprint density at radius 3 is 2.72 bits per heavy atom. The molecule has 5 nitrogen and oxygen atoms in total. The Bertz CT molecular complexity index is 595. The van der Waals surface area contributed by atoms with Crippen LogP contribution in [0.3, 0.4) is 0 Å². The predicted octanol–water partition coefficient (Wildman–Crippen LogP) is 2.68. The summed E-state index contributed by atoms with van der Waals surface area (Å²) in [6.07, 6.45) is 2.72. The number of anilines is 2. The number of non-ortho nitro benzene ring substituents is 1. The fourth-order valence-corrected chi connectivity index (χ4v) is 2.21. The van der Waals surface area contributed by atoms with Crippen molar-refractivity contribution >= 4 is 17.2 Å². The highest BCUT2D eigenvalue weighted by Gasteiger charge is 2.21. The third kappa shape index (κ3) is 1.69. The SMILES string of the molecule is O=[N+]([O-])c1ccc(N2CCc3cccnc32)cc1. The van der Waals surface area contributed by atoms with Gasteiger partial charge in [0.15, 0.2) is 0 Å². The number of rotatable bonds is 2. The Morgan fingerprint density at radius 2 is 2.00 bits per heavy atom. The minimum Gasteiger partial charge on any atom is -0.326 e. The second-order valence-electron chi connectivity index (χ2n) is 4.16. The van der Waals surface area contributed by atoms with Gasteiger partial charge in [-0.05, 0) is 30.2 Å². The van der Waals surface area contributed by atoms with Crippen LogP contribution in [0.1, 0.15) is 5.56 Å². The zero-order valence-corrected chi connectivity index (χ0v) is 9.61. The van der Waals surface area contributed by atoms with Crippen LogP contribution in [0.5, 0.6) is 0 Å². The largest absolute Gasteiger partial charge is 0.326 e. The number of benzene rings is 1. The van der Waals surface area contributed by atoms with E-state index in [9.17, 15) is 10.1 Å². The van der Waals surface area contributed by atoms with Crippen LogP contribution in [-0.2, 0) is 6.42 Å². The maximum Gasteiger partial charge on any atom is 0.269 e. The molecule has 0 unspecified atom stereocenters. The van der Waals surface area contributed by atoms with Gasteiger partial charge in [0, 0.05) is 30.6 Å². The van der Waals surface area contributed by atoms with Gasteiger partial charge in [-0.1, -0.05) is 6.07 Å². The van der Waals surface area contributed by atoms with Gasteiger partial charge in [-0.3, -0.25) is 10.1 Å². The van der Waals surface area contributed by atoms with E-state index in [-0.39, 0.29) is 10.6 Å². The van der Waals surface area contributed by atoms with Crippen LogP contribution >= 0.6 is 0 Å². The van der Waals surface area contributed by atoms with Crippen molar-refractivity contribution in [3.8, 4) is 0 Å². The first-order valence-electron chi connectivity index (χ1n) is 5.71. The summed E-state index contributed by atoms with van der Waals surface area (Å²) < 4.78 is 0. The van der Waals surface area contributed by atoms with Gasteiger partial charge in [-0.25, -0.2) is 4.98 Å². The van der Waals surface area contributed by atoms with Crippen LogP contribution in [0.25, 0.3) is 0 Å². The maximum absolute atomic E-state index is 10.6. The molecule has 0 saturated carbocycles. The maximum atomic E-state index is 10.6. The highest BCUT2D eigenvalue weighted by Crippen LogP contribution is 2.32. The number of fused-ring (bicyclic) bond motifs is 1. The molecule has 18 heavy (non-hydrogen) atoms. The van der Waals surface area contributed by atoms with Gasteiger partial charge in [0.2, 0.25) is 0 Å². The van der Waals surface area contributed by atoms with Crippen LogP contribution in [0, 0.1) is 10.1 Å². The Kier molecular flexibility index (Phi) is 2.44. The molecule has 1 aromatic heterocycles. The fourth-order valence-electron chi connectivity index (χ4n) is 2.21. The molecule has 1 aliphatic heterocycles. The molecule has 5 heteroatoms. The summed E-state index contributed by atoms with van der Waals surface area (Å²) in [5.41, 5.74) is 2.27. The Labute approximate surface area is 104 Å². The molecule has 2 heterocycles. The third-order valence-electron chi connectivity index (χ3n) is 3.10. The molecule has 1 aliphatic rings. The summed E-state index contributed by atoms with van der Waals surface area (Å²) in [4.78, 5) is 16.7. The molecule has 0 amide bonds. The highest BCUT2D eigenvalue weighted by atomic mass is 16.6. The van der Waals surface area contributed by atoms with Crippen LogP contribution in [0.2, 0.25) is 0 Å². The summed E-state index contributed by atoms with van der Waals surface area (Å²) in [6.45, 7) is 0.865. The first kappa shape index (κ1) is 10.7. The van der Waals surface area contributed by atoms with Crippen molar-refractivity contribution in [3.05, 3.63) is 58.3 Å². The number of pyridine rings is 1. The predicted molar refractivity (Wildman–Crippen MR) is 68.0 cm³/mol. The van der Waals surface area contributed by atoms with Gasteiger partial charge in [-0.15, -0.1) is 0 Å². The molecule has 90 valence electrons. The lowest BCUT2D eigenvalue weighted by molar-refractivity contribution is -0.384. The third-order valence-corrected chi connectivity index (χ3v) is 3.10. The van der Waals surface area contributed by atoms with E-state index in [4.69, 9.17) is 0 Å². The standard InChI is InChI=1S/C13H11N3O2/c17-16(18)12-5-3-11(4-6-12)15-9-7-10-2-1-8-14-13(10)15/h1-6,8H,7,9H2. The van der Waals surface area contributed by atoms with Crippen LogP contribution < -0.4 is 4.90 Å². The fraction of sp³-hybridized carbons (Fsp3) is 0.154. The number of nitro benzene ring substituents is 1. The number of hydrogen-bond donors (Lipinski definition) is 0. The summed E-state index contributed by atoms with van der Waals surface area (Å²) in [5, 5.41) is 10.6. The van der Waals surface area contributed by atoms with E-state index in [0.29, 0.717) is 0 Å². The van der Waals surface area contributed by atoms with Gasteiger partial charge in [0.25, 0.3) is 5.69 Å². The minimum absolute atomic E-state index is 0.110. The molecular formula is C13H11N3O2. The summed E-state index contributed by atoms with van der Waals surface area (Å²) in [7, 11) is 0. The first-order chi connectivity index (χ1) is 8.75. The van der Waals surface area contributed by atoms with Crippen molar-refractivity contribution in [1.29, 1.82) is 0 Å². The molecule has 0 radical (unpaired) electrons. The Hall–Kier alpha value is -2.43. The lowest BCUT2D eigenvalue weighted by atomic mass is 10.2. The monoisotopic (exact) mass is 241 g/mol. The van der Waals surface area contributed by atoms with Crippen molar-refractivity contribution in [2.24, 2.45) is 0 Å². The normalized spacial score (nSPS) is 13.4. The number of aromatic nitrogens is 1. The molecule has 0 saturated heterocycles. The smallest absolute Gasteiger partial charge is 0.269 e. The minimum atomic E-state index is -0.389. The molecule has 0 fully saturated rings. The van der Waals surface area contributed by atoms with Crippen LogP contribution in [-0.4, -0.2) is 16.5 Å². The van der Waals surface area contributed by atoms with E-state index >= 15 is 0 Å². The molecule has 2 aromatic rings. The van der Waals surface area contributed by atoms with Crippen LogP contribution in [0.4, 0.5) is 17.2 Å². The van der Waals surface area contributed by atoms with Gasteiger partial charge in [-0.2, -0.15) is 0 Å². The van der Waals surface area contributed by atoms with E-state index in [1.54, 1.807) is 18.3 Å².